The summed E-state index contributed by atoms with van der Waals surface area (Å²) in [5.41, 5.74) is 2.56. The molecule has 2 heterocycles. The molecule has 186 valence electrons. The number of nitrogens with zero attached hydrogens (tertiary/aromatic N) is 3. The van der Waals surface area contributed by atoms with Crippen molar-refractivity contribution in [2.75, 3.05) is 20.2 Å². The molecule has 4 rings (SSSR count). The molecule has 1 saturated heterocycles. The van der Waals surface area contributed by atoms with Crippen molar-refractivity contribution >= 4 is 22.8 Å². The number of carbonyl (C=O) groups excluding carboxylic acids is 2. The third kappa shape index (κ3) is 6.21. The van der Waals surface area contributed by atoms with Crippen molar-refractivity contribution in [3.8, 4) is 5.75 Å². The number of carbonyl (C=O) groups is 2. The second kappa shape index (κ2) is 11.9. The monoisotopic (exact) mass is 476 g/mol. The van der Waals surface area contributed by atoms with E-state index in [0.29, 0.717) is 30.4 Å². The molecule has 1 atom stereocenters. The predicted molar refractivity (Wildman–Crippen MR) is 138 cm³/mol. The highest BCUT2D eigenvalue weighted by Gasteiger charge is 2.24. The number of likely N-dealkylation sites (tertiary alicyclic amines) is 1. The number of amides is 2. The minimum Gasteiger partial charge on any atom is -0.497 e. The number of rotatable bonds is 10. The summed E-state index contributed by atoms with van der Waals surface area (Å²) in [6.45, 7) is 3.97. The zero-order chi connectivity index (χ0) is 24.6. The molecule has 1 aromatic heterocycles. The number of nitrogens with one attached hydrogen (secondary N) is 1. The highest BCUT2D eigenvalue weighted by Crippen LogP contribution is 2.21. The van der Waals surface area contributed by atoms with Crippen LogP contribution in [0.4, 0.5) is 0 Å². The second-order valence-corrected chi connectivity index (χ2v) is 9.33. The molecular formula is C28H36N4O3. The Labute approximate surface area is 207 Å². The lowest BCUT2D eigenvalue weighted by atomic mass is 10.0. The zero-order valence-corrected chi connectivity index (χ0v) is 20.8. The average molecular weight is 477 g/mol. The third-order valence-corrected chi connectivity index (χ3v) is 6.84. The van der Waals surface area contributed by atoms with Crippen molar-refractivity contribution in [2.45, 2.75) is 64.5 Å². The summed E-state index contributed by atoms with van der Waals surface area (Å²) in [5, 5.41) is 2.98. The van der Waals surface area contributed by atoms with Gasteiger partial charge in [-0.3, -0.25) is 9.59 Å². The Morgan fingerprint density at radius 2 is 1.94 bits per heavy atom. The van der Waals surface area contributed by atoms with Crippen LogP contribution in [-0.2, 0) is 17.8 Å². The van der Waals surface area contributed by atoms with Crippen molar-refractivity contribution in [1.82, 2.24) is 19.8 Å². The first-order chi connectivity index (χ1) is 17.1. The van der Waals surface area contributed by atoms with Crippen molar-refractivity contribution in [2.24, 2.45) is 0 Å². The summed E-state index contributed by atoms with van der Waals surface area (Å²) in [6, 6.07) is 15.5. The molecule has 0 bridgehead atoms. The number of hydrogen-bond donors (Lipinski definition) is 1. The molecule has 1 unspecified atom stereocenters. The first-order valence-corrected chi connectivity index (χ1v) is 12.7. The fourth-order valence-electron chi connectivity index (χ4n) is 4.84. The molecule has 7 nitrogen and oxygen atoms in total. The Morgan fingerprint density at radius 1 is 1.09 bits per heavy atom. The number of aryl methyl sites for hydroxylation is 1. The summed E-state index contributed by atoms with van der Waals surface area (Å²) < 4.78 is 7.29. The maximum atomic E-state index is 13.1. The number of imidazole rings is 1. The first-order valence-electron chi connectivity index (χ1n) is 12.7. The molecule has 0 saturated carbocycles. The van der Waals surface area contributed by atoms with Crippen molar-refractivity contribution < 1.29 is 14.3 Å². The molecule has 35 heavy (non-hydrogen) atoms. The van der Waals surface area contributed by atoms with Gasteiger partial charge in [-0.2, -0.15) is 0 Å². The predicted octanol–water partition coefficient (Wildman–Crippen LogP) is 4.59. The van der Waals surface area contributed by atoms with Crippen LogP contribution in [0.1, 0.15) is 61.6 Å². The van der Waals surface area contributed by atoms with Gasteiger partial charge in [0.2, 0.25) is 5.91 Å². The van der Waals surface area contributed by atoms with E-state index in [1.165, 1.54) is 6.42 Å². The molecule has 0 spiro atoms. The van der Waals surface area contributed by atoms with Crippen LogP contribution in [0.15, 0.2) is 48.5 Å². The van der Waals surface area contributed by atoms with Crippen LogP contribution in [0.5, 0.6) is 5.75 Å². The van der Waals surface area contributed by atoms with Gasteiger partial charge in [0.1, 0.15) is 18.1 Å². The maximum absolute atomic E-state index is 13.1. The van der Waals surface area contributed by atoms with E-state index in [-0.39, 0.29) is 11.8 Å². The number of fused-ring (bicyclic) bond motifs is 1. The fourth-order valence-corrected chi connectivity index (χ4v) is 4.84. The Kier molecular flexibility index (Phi) is 8.40. The van der Waals surface area contributed by atoms with Gasteiger partial charge in [-0.05, 0) is 69.4 Å². The molecular weight excluding hydrogens is 440 g/mol. The minimum atomic E-state index is -0.0869. The van der Waals surface area contributed by atoms with Crippen LogP contribution in [0.3, 0.4) is 0 Å². The van der Waals surface area contributed by atoms with Crippen molar-refractivity contribution in [1.29, 1.82) is 0 Å². The second-order valence-electron chi connectivity index (χ2n) is 9.33. The number of unbranched alkanes of at least 4 members (excludes halogenated alkanes) is 2. The summed E-state index contributed by atoms with van der Waals surface area (Å²) in [4.78, 5) is 32.4. The zero-order valence-electron chi connectivity index (χ0n) is 20.8. The summed E-state index contributed by atoms with van der Waals surface area (Å²) >= 11 is 0. The maximum Gasteiger partial charge on any atom is 0.251 e. The molecule has 7 heteroatoms. The van der Waals surface area contributed by atoms with Crippen LogP contribution in [-0.4, -0.2) is 52.5 Å². The van der Waals surface area contributed by atoms with Crippen LogP contribution in [0.25, 0.3) is 11.0 Å². The number of ether oxygens (including phenoxy) is 1. The summed E-state index contributed by atoms with van der Waals surface area (Å²) in [6.07, 6.45) is 6.98. The highest BCUT2D eigenvalue weighted by atomic mass is 16.5. The van der Waals surface area contributed by atoms with Crippen LogP contribution in [0.2, 0.25) is 0 Å². The normalized spacial score (nSPS) is 15.8. The molecule has 1 fully saturated rings. The van der Waals surface area contributed by atoms with E-state index in [1.807, 2.05) is 41.3 Å². The van der Waals surface area contributed by atoms with Gasteiger partial charge in [-0.25, -0.2) is 4.98 Å². The van der Waals surface area contributed by atoms with Gasteiger partial charge >= 0.3 is 0 Å². The number of hydrogen-bond acceptors (Lipinski definition) is 4. The molecule has 1 aliphatic rings. The van der Waals surface area contributed by atoms with Crippen LogP contribution < -0.4 is 10.1 Å². The number of methoxy groups -OCH3 is 1. The van der Waals surface area contributed by atoms with Gasteiger partial charge in [0.15, 0.2) is 0 Å². The van der Waals surface area contributed by atoms with Gasteiger partial charge < -0.3 is 19.5 Å². The fraction of sp³-hybridized carbons (Fsp3) is 0.464. The van der Waals surface area contributed by atoms with Gasteiger partial charge in [0.05, 0.1) is 18.1 Å². The Balaban J connectivity index is 1.30. The smallest absolute Gasteiger partial charge is 0.251 e. The van der Waals surface area contributed by atoms with Gasteiger partial charge in [-0.1, -0.05) is 24.6 Å². The number of piperidine rings is 1. The molecule has 1 N–H and O–H groups in total. The van der Waals surface area contributed by atoms with E-state index in [2.05, 4.69) is 16.8 Å². The molecule has 2 aromatic carbocycles. The topological polar surface area (TPSA) is 76.5 Å². The number of benzene rings is 2. The number of aromatic nitrogens is 2. The van der Waals surface area contributed by atoms with Gasteiger partial charge in [0.25, 0.3) is 5.91 Å². The summed E-state index contributed by atoms with van der Waals surface area (Å²) in [5.74, 6) is 1.73. The van der Waals surface area contributed by atoms with Crippen LogP contribution in [0, 0.1) is 0 Å². The Hall–Kier alpha value is -3.35. The minimum absolute atomic E-state index is 0.0869. The van der Waals surface area contributed by atoms with E-state index < -0.39 is 0 Å². The number of para-hydroxylation sites is 2. The quantitative estimate of drug-likeness (QED) is 0.434. The van der Waals surface area contributed by atoms with Gasteiger partial charge in [0, 0.05) is 31.1 Å². The standard InChI is InChI=1S/C28H36N4O3/c1-21-11-7-9-18-31(21)27(33)20-32-25-15-6-5-14-24(25)30-26(32)16-4-3-8-17-29-28(34)22-12-10-13-23(19-22)35-2/h5-6,10,12-15,19,21H,3-4,7-9,11,16-18,20H2,1-2H3,(H,29,34). The van der Waals surface area contributed by atoms with E-state index in [0.717, 1.165) is 61.9 Å². The molecule has 0 aliphatic carbocycles. The molecule has 2 amide bonds. The van der Waals surface area contributed by atoms with E-state index >= 15 is 0 Å². The summed E-state index contributed by atoms with van der Waals surface area (Å²) in [7, 11) is 1.59. The SMILES string of the molecule is COc1cccc(C(=O)NCCCCCc2nc3ccccc3n2CC(=O)N2CCCCC2C)c1. The Bertz CT molecular complexity index is 1160. The highest BCUT2D eigenvalue weighted by molar-refractivity contribution is 5.94. The lowest BCUT2D eigenvalue weighted by molar-refractivity contribution is -0.135. The molecule has 1 aliphatic heterocycles. The molecule has 0 radical (unpaired) electrons. The third-order valence-electron chi connectivity index (χ3n) is 6.84. The molecule has 3 aromatic rings. The largest absolute Gasteiger partial charge is 0.497 e. The van der Waals surface area contributed by atoms with E-state index in [9.17, 15) is 9.59 Å². The van der Waals surface area contributed by atoms with E-state index in [1.54, 1.807) is 19.2 Å². The van der Waals surface area contributed by atoms with Crippen LogP contribution >= 0.6 is 0 Å². The van der Waals surface area contributed by atoms with Crippen molar-refractivity contribution in [3.05, 3.63) is 59.9 Å². The Morgan fingerprint density at radius 3 is 2.77 bits per heavy atom. The van der Waals surface area contributed by atoms with E-state index in [4.69, 9.17) is 9.72 Å². The lowest BCUT2D eigenvalue weighted by Crippen LogP contribution is -2.43. The van der Waals surface area contributed by atoms with Gasteiger partial charge in [-0.15, -0.1) is 0 Å². The van der Waals surface area contributed by atoms with Crippen molar-refractivity contribution in [3.63, 3.8) is 0 Å². The first kappa shape index (κ1) is 24.8. The lowest BCUT2D eigenvalue weighted by Gasteiger charge is -2.33. The average Bonchev–Trinajstić information content (AvgIpc) is 3.23.